The highest BCUT2D eigenvalue weighted by Crippen LogP contribution is 2.27. The Morgan fingerprint density at radius 3 is 2.26 bits per heavy atom. The summed E-state index contributed by atoms with van der Waals surface area (Å²) in [6.45, 7) is 4.83. The summed E-state index contributed by atoms with van der Waals surface area (Å²) in [4.78, 5) is 42.9. The second-order valence-electron chi connectivity index (χ2n) is 8.60. The Labute approximate surface area is 183 Å². The summed E-state index contributed by atoms with van der Waals surface area (Å²) in [5.41, 5.74) is 3.08. The number of amides is 4. The van der Waals surface area contributed by atoms with Crippen LogP contribution in [0.5, 0.6) is 0 Å². The number of hydrogen-bond acceptors (Lipinski definition) is 3. The van der Waals surface area contributed by atoms with Gasteiger partial charge in [0.15, 0.2) is 0 Å². The van der Waals surface area contributed by atoms with Crippen LogP contribution >= 0.6 is 0 Å². The van der Waals surface area contributed by atoms with Crippen molar-refractivity contribution in [3.8, 4) is 0 Å². The minimum absolute atomic E-state index is 0.155. The molecule has 162 valence electrons. The van der Waals surface area contributed by atoms with E-state index in [4.69, 9.17) is 0 Å². The number of hydrogen-bond donors (Lipinski definition) is 0. The minimum Gasteiger partial charge on any atom is -0.341 e. The Kier molecular flexibility index (Phi) is 6.07. The SMILES string of the molecule is Cc1ccc(N2C(=O)N(CC(=O)N3CCC(Cc4ccccc4)CC3)C(=O)[C@@H]2C)cc1. The van der Waals surface area contributed by atoms with Crippen molar-refractivity contribution in [3.05, 3.63) is 65.7 Å². The van der Waals surface area contributed by atoms with Gasteiger partial charge in [0, 0.05) is 18.8 Å². The van der Waals surface area contributed by atoms with Crippen LogP contribution in [0.4, 0.5) is 10.5 Å². The first kappa shape index (κ1) is 21.1. The van der Waals surface area contributed by atoms with Gasteiger partial charge >= 0.3 is 6.03 Å². The van der Waals surface area contributed by atoms with Gasteiger partial charge < -0.3 is 4.90 Å². The van der Waals surface area contributed by atoms with E-state index in [1.807, 2.05) is 37.3 Å². The topological polar surface area (TPSA) is 60.9 Å². The lowest BCUT2D eigenvalue weighted by molar-refractivity contribution is -0.138. The molecule has 6 heteroatoms. The number of nitrogens with zero attached hydrogens (tertiary/aromatic N) is 3. The van der Waals surface area contributed by atoms with Crippen LogP contribution in [0.15, 0.2) is 54.6 Å². The molecule has 1 atom stereocenters. The van der Waals surface area contributed by atoms with Gasteiger partial charge in [-0.15, -0.1) is 0 Å². The van der Waals surface area contributed by atoms with E-state index >= 15 is 0 Å². The number of benzene rings is 2. The zero-order valence-corrected chi connectivity index (χ0v) is 18.2. The Morgan fingerprint density at radius 1 is 0.968 bits per heavy atom. The molecule has 0 aliphatic carbocycles. The number of urea groups is 1. The third-order valence-electron chi connectivity index (χ3n) is 6.39. The zero-order valence-electron chi connectivity index (χ0n) is 18.2. The lowest BCUT2D eigenvalue weighted by atomic mass is 9.90. The number of likely N-dealkylation sites (tertiary alicyclic amines) is 1. The Balaban J connectivity index is 1.34. The Hall–Kier alpha value is -3.15. The first-order valence-electron chi connectivity index (χ1n) is 11.0. The third-order valence-corrected chi connectivity index (χ3v) is 6.39. The molecular weight excluding hydrogens is 390 g/mol. The fourth-order valence-corrected chi connectivity index (χ4v) is 4.48. The maximum absolute atomic E-state index is 12.9. The molecule has 0 spiro atoms. The summed E-state index contributed by atoms with van der Waals surface area (Å²) >= 11 is 0. The summed E-state index contributed by atoms with van der Waals surface area (Å²) in [6.07, 6.45) is 2.90. The van der Waals surface area contributed by atoms with Gasteiger partial charge in [0.05, 0.1) is 0 Å². The third kappa shape index (κ3) is 4.48. The van der Waals surface area contributed by atoms with Crippen LogP contribution in [0.1, 0.15) is 30.9 Å². The first-order chi connectivity index (χ1) is 14.9. The standard InChI is InChI=1S/C25H29N3O3/c1-18-8-10-22(11-9-18)28-19(2)24(30)27(25(28)31)17-23(29)26-14-12-21(13-15-26)16-20-6-4-3-5-7-20/h3-11,19,21H,12-17H2,1-2H3/t19-/m0/s1. The van der Waals surface area contributed by atoms with E-state index in [-0.39, 0.29) is 18.4 Å². The summed E-state index contributed by atoms with van der Waals surface area (Å²) in [5, 5.41) is 0. The van der Waals surface area contributed by atoms with E-state index in [9.17, 15) is 14.4 Å². The molecule has 2 aromatic rings. The molecule has 2 fully saturated rings. The summed E-state index contributed by atoms with van der Waals surface area (Å²) in [5.74, 6) is 0.0780. The van der Waals surface area contributed by atoms with Gasteiger partial charge in [0.25, 0.3) is 5.91 Å². The number of rotatable bonds is 5. The highest BCUT2D eigenvalue weighted by Gasteiger charge is 2.44. The molecule has 0 aromatic heterocycles. The molecule has 0 saturated carbocycles. The van der Waals surface area contributed by atoms with Crippen molar-refractivity contribution in [3.63, 3.8) is 0 Å². The van der Waals surface area contributed by atoms with Crippen molar-refractivity contribution in [2.75, 3.05) is 24.5 Å². The number of carbonyl (C=O) groups excluding carboxylic acids is 3. The Morgan fingerprint density at radius 2 is 1.61 bits per heavy atom. The van der Waals surface area contributed by atoms with Crippen molar-refractivity contribution in [2.24, 2.45) is 5.92 Å². The average Bonchev–Trinajstić information content (AvgIpc) is 2.99. The van der Waals surface area contributed by atoms with Gasteiger partial charge in [-0.1, -0.05) is 48.0 Å². The predicted octanol–water partition coefficient (Wildman–Crippen LogP) is 3.63. The molecule has 2 aromatic carbocycles. The molecule has 2 saturated heterocycles. The van der Waals surface area contributed by atoms with E-state index < -0.39 is 12.1 Å². The molecule has 4 rings (SSSR count). The first-order valence-corrected chi connectivity index (χ1v) is 11.0. The summed E-state index contributed by atoms with van der Waals surface area (Å²) in [7, 11) is 0. The zero-order chi connectivity index (χ0) is 22.0. The van der Waals surface area contributed by atoms with Crippen LogP contribution in [0, 0.1) is 12.8 Å². The van der Waals surface area contributed by atoms with Crippen LogP contribution in [0.2, 0.25) is 0 Å². The van der Waals surface area contributed by atoms with E-state index in [1.165, 1.54) is 10.5 Å². The maximum atomic E-state index is 12.9. The van der Waals surface area contributed by atoms with Crippen molar-refractivity contribution in [2.45, 2.75) is 39.2 Å². The van der Waals surface area contributed by atoms with Crippen LogP contribution in [0.25, 0.3) is 0 Å². The van der Waals surface area contributed by atoms with Gasteiger partial charge in [0.1, 0.15) is 12.6 Å². The lowest BCUT2D eigenvalue weighted by Gasteiger charge is -2.33. The number of carbonyl (C=O) groups is 3. The van der Waals surface area contributed by atoms with Gasteiger partial charge in [-0.2, -0.15) is 0 Å². The largest absolute Gasteiger partial charge is 0.341 e. The second kappa shape index (κ2) is 8.92. The van der Waals surface area contributed by atoms with Crippen molar-refractivity contribution >= 4 is 23.5 Å². The number of imide groups is 1. The quantitative estimate of drug-likeness (QED) is 0.696. The lowest BCUT2D eigenvalue weighted by Crippen LogP contribution is -2.46. The fraction of sp³-hybridized carbons (Fsp3) is 0.400. The van der Waals surface area contributed by atoms with Crippen LogP contribution in [-0.4, -0.2) is 53.3 Å². The van der Waals surface area contributed by atoms with E-state index in [2.05, 4.69) is 24.3 Å². The highest BCUT2D eigenvalue weighted by atomic mass is 16.2. The maximum Gasteiger partial charge on any atom is 0.332 e. The van der Waals surface area contributed by atoms with Crippen LogP contribution < -0.4 is 4.90 Å². The van der Waals surface area contributed by atoms with E-state index in [1.54, 1.807) is 11.8 Å². The molecule has 6 nitrogen and oxygen atoms in total. The van der Waals surface area contributed by atoms with Crippen molar-refractivity contribution in [1.29, 1.82) is 0 Å². The smallest absolute Gasteiger partial charge is 0.332 e. The van der Waals surface area contributed by atoms with E-state index in [0.29, 0.717) is 24.7 Å². The van der Waals surface area contributed by atoms with Crippen molar-refractivity contribution in [1.82, 2.24) is 9.80 Å². The number of piperidine rings is 1. The van der Waals surface area contributed by atoms with Crippen LogP contribution in [-0.2, 0) is 16.0 Å². The molecule has 0 unspecified atom stereocenters. The molecule has 0 bridgehead atoms. The molecule has 31 heavy (non-hydrogen) atoms. The molecule has 0 radical (unpaired) electrons. The van der Waals surface area contributed by atoms with Gasteiger partial charge in [-0.05, 0) is 56.7 Å². The highest BCUT2D eigenvalue weighted by molar-refractivity contribution is 6.15. The normalized spacial score (nSPS) is 19.9. The second-order valence-corrected chi connectivity index (χ2v) is 8.60. The van der Waals surface area contributed by atoms with E-state index in [0.717, 1.165) is 29.7 Å². The predicted molar refractivity (Wildman–Crippen MR) is 120 cm³/mol. The number of anilines is 1. The fourth-order valence-electron chi connectivity index (χ4n) is 4.48. The molecule has 0 N–H and O–H groups in total. The minimum atomic E-state index is -0.611. The van der Waals surface area contributed by atoms with Gasteiger partial charge in [-0.3, -0.25) is 19.4 Å². The molecule has 4 amide bonds. The molecule has 2 heterocycles. The van der Waals surface area contributed by atoms with Crippen LogP contribution in [0.3, 0.4) is 0 Å². The molecule has 2 aliphatic heterocycles. The van der Waals surface area contributed by atoms with Gasteiger partial charge in [0.2, 0.25) is 5.91 Å². The summed E-state index contributed by atoms with van der Waals surface area (Å²) < 4.78 is 0. The average molecular weight is 420 g/mol. The molecular formula is C25H29N3O3. The molecule has 2 aliphatic rings. The Bertz CT molecular complexity index is 950. The summed E-state index contributed by atoms with van der Waals surface area (Å²) in [6, 6.07) is 16.9. The number of aryl methyl sites for hydroxylation is 1. The van der Waals surface area contributed by atoms with Gasteiger partial charge in [-0.25, -0.2) is 4.79 Å². The van der Waals surface area contributed by atoms with Crippen molar-refractivity contribution < 1.29 is 14.4 Å². The monoisotopic (exact) mass is 419 g/mol.